The van der Waals surface area contributed by atoms with Gasteiger partial charge in [0.05, 0.1) is 11.2 Å². The van der Waals surface area contributed by atoms with Crippen LogP contribution >= 0.6 is 0 Å². The molecule has 7 heteroatoms. The fourth-order valence-electron chi connectivity index (χ4n) is 0.867. The first-order chi connectivity index (χ1) is 9.16. The predicted octanol–water partition coefficient (Wildman–Crippen LogP) is 1.60. The third-order valence-electron chi connectivity index (χ3n) is 3.06. The SMILES string of the molecule is CC(C)(O)C(C)(C)O.[B]c1ccc(C(O)C(F)(F)F)cc1. The summed E-state index contributed by atoms with van der Waals surface area (Å²) >= 11 is 0. The molecule has 1 rings (SSSR count). The van der Waals surface area contributed by atoms with Crippen molar-refractivity contribution in [3.05, 3.63) is 29.8 Å². The Labute approximate surface area is 123 Å². The molecule has 0 aliphatic heterocycles. The van der Waals surface area contributed by atoms with Gasteiger partial charge in [-0.3, -0.25) is 0 Å². The zero-order valence-corrected chi connectivity index (χ0v) is 12.4. The Morgan fingerprint density at radius 2 is 1.24 bits per heavy atom. The van der Waals surface area contributed by atoms with E-state index in [1.807, 2.05) is 0 Å². The first kappa shape index (κ1) is 20.0. The van der Waals surface area contributed by atoms with E-state index in [4.69, 9.17) is 23.2 Å². The Morgan fingerprint density at radius 3 is 1.48 bits per heavy atom. The average Bonchev–Trinajstić information content (AvgIpc) is 2.26. The molecule has 3 N–H and O–H groups in total. The molecule has 1 atom stereocenters. The second-order valence-corrected chi connectivity index (χ2v) is 5.73. The molecule has 0 amide bonds. The summed E-state index contributed by atoms with van der Waals surface area (Å²) in [4.78, 5) is 0. The van der Waals surface area contributed by atoms with Crippen molar-refractivity contribution in [2.45, 2.75) is 51.2 Å². The number of hydrogen-bond acceptors (Lipinski definition) is 3. The number of benzene rings is 1. The lowest BCUT2D eigenvalue weighted by Crippen LogP contribution is -2.44. The largest absolute Gasteiger partial charge is 0.418 e. The van der Waals surface area contributed by atoms with Gasteiger partial charge in [-0.2, -0.15) is 13.2 Å². The minimum atomic E-state index is -4.63. The molecule has 21 heavy (non-hydrogen) atoms. The van der Waals surface area contributed by atoms with Crippen LogP contribution in [-0.2, 0) is 0 Å². The lowest BCUT2D eigenvalue weighted by molar-refractivity contribution is -0.206. The Hall–Kier alpha value is -1.05. The van der Waals surface area contributed by atoms with Gasteiger partial charge in [-0.05, 0) is 33.3 Å². The predicted molar refractivity (Wildman–Crippen MR) is 75.4 cm³/mol. The zero-order chi connectivity index (χ0) is 17.1. The van der Waals surface area contributed by atoms with Gasteiger partial charge in [0.1, 0.15) is 7.85 Å². The number of aliphatic hydroxyl groups is 3. The molecule has 0 aliphatic carbocycles. The third kappa shape index (κ3) is 6.97. The maximum Gasteiger partial charge on any atom is 0.418 e. The minimum Gasteiger partial charge on any atom is -0.387 e. The Morgan fingerprint density at radius 1 is 0.905 bits per heavy atom. The molecule has 0 aromatic heterocycles. The molecular formula is C14H20BF3O3. The maximum absolute atomic E-state index is 12.0. The highest BCUT2D eigenvalue weighted by Crippen LogP contribution is 2.31. The summed E-state index contributed by atoms with van der Waals surface area (Å²) in [7, 11) is 5.27. The van der Waals surface area contributed by atoms with Gasteiger partial charge in [0, 0.05) is 0 Å². The summed E-state index contributed by atoms with van der Waals surface area (Å²) in [5.41, 5.74) is -1.86. The van der Waals surface area contributed by atoms with Crippen LogP contribution < -0.4 is 5.46 Å². The van der Waals surface area contributed by atoms with Gasteiger partial charge < -0.3 is 15.3 Å². The fourth-order valence-corrected chi connectivity index (χ4v) is 0.867. The first-order valence-corrected chi connectivity index (χ1v) is 6.21. The van der Waals surface area contributed by atoms with Crippen LogP contribution in [0.3, 0.4) is 0 Å². The van der Waals surface area contributed by atoms with E-state index in [0.29, 0.717) is 5.46 Å². The monoisotopic (exact) mass is 304 g/mol. The fraction of sp³-hybridized carbons (Fsp3) is 0.571. The molecule has 118 valence electrons. The lowest BCUT2D eigenvalue weighted by atomic mass is 9.90. The summed E-state index contributed by atoms with van der Waals surface area (Å²) in [5.74, 6) is 0. The number of rotatable bonds is 2. The molecule has 1 aromatic rings. The smallest absolute Gasteiger partial charge is 0.387 e. The van der Waals surface area contributed by atoms with Gasteiger partial charge >= 0.3 is 6.18 Å². The van der Waals surface area contributed by atoms with Crippen LogP contribution in [0.4, 0.5) is 13.2 Å². The third-order valence-corrected chi connectivity index (χ3v) is 3.06. The van der Waals surface area contributed by atoms with Crippen LogP contribution in [0.1, 0.15) is 39.4 Å². The summed E-state index contributed by atoms with van der Waals surface area (Å²) in [6.45, 7) is 6.31. The highest BCUT2D eigenvalue weighted by atomic mass is 19.4. The standard InChI is InChI=1S/C8H6BF3O.C6H14O2/c9-6-3-1-5(2-4-6)7(13)8(10,11)12;1-5(2,7)6(3,4)8/h1-4,7,13H;7-8H,1-4H3. The number of halogens is 3. The van der Waals surface area contributed by atoms with Gasteiger partial charge in [0.15, 0.2) is 6.10 Å². The second-order valence-electron chi connectivity index (χ2n) is 5.73. The molecule has 0 bridgehead atoms. The van der Waals surface area contributed by atoms with E-state index in [1.165, 1.54) is 12.1 Å². The van der Waals surface area contributed by atoms with E-state index in [2.05, 4.69) is 0 Å². The molecule has 1 aromatic carbocycles. The lowest BCUT2D eigenvalue weighted by Gasteiger charge is -2.31. The zero-order valence-electron chi connectivity index (χ0n) is 12.4. The van der Waals surface area contributed by atoms with Gasteiger partial charge in [0.25, 0.3) is 0 Å². The van der Waals surface area contributed by atoms with Gasteiger partial charge in [-0.15, -0.1) is 0 Å². The molecule has 0 spiro atoms. The van der Waals surface area contributed by atoms with Crippen molar-refractivity contribution < 1.29 is 28.5 Å². The topological polar surface area (TPSA) is 60.7 Å². The average molecular weight is 304 g/mol. The van der Waals surface area contributed by atoms with Crippen molar-refractivity contribution in [1.29, 1.82) is 0 Å². The minimum absolute atomic E-state index is 0.207. The maximum atomic E-state index is 12.0. The van der Waals surface area contributed by atoms with Crippen LogP contribution in [-0.4, -0.2) is 40.5 Å². The molecular weight excluding hydrogens is 284 g/mol. The van der Waals surface area contributed by atoms with Crippen molar-refractivity contribution in [3.63, 3.8) is 0 Å². The molecule has 0 aliphatic rings. The van der Waals surface area contributed by atoms with Crippen LogP contribution in [0, 0.1) is 0 Å². The normalized spacial score (nSPS) is 14.2. The van der Waals surface area contributed by atoms with Crippen molar-refractivity contribution in [2.75, 3.05) is 0 Å². The first-order valence-electron chi connectivity index (χ1n) is 6.21. The van der Waals surface area contributed by atoms with Crippen molar-refractivity contribution >= 4 is 13.3 Å². The Balaban J connectivity index is 0.000000433. The van der Waals surface area contributed by atoms with E-state index < -0.39 is 23.5 Å². The number of hydrogen-bond donors (Lipinski definition) is 3. The number of alkyl halides is 3. The van der Waals surface area contributed by atoms with E-state index in [0.717, 1.165) is 12.1 Å². The molecule has 0 fully saturated rings. The molecule has 0 saturated heterocycles. The van der Waals surface area contributed by atoms with Crippen molar-refractivity contribution in [2.24, 2.45) is 0 Å². The molecule has 3 nitrogen and oxygen atoms in total. The van der Waals surface area contributed by atoms with Crippen LogP contribution in [0.5, 0.6) is 0 Å². The highest BCUT2D eigenvalue weighted by Gasteiger charge is 2.39. The van der Waals surface area contributed by atoms with Gasteiger partial charge in [0.2, 0.25) is 0 Å². The van der Waals surface area contributed by atoms with E-state index in [-0.39, 0.29) is 5.56 Å². The highest BCUT2D eigenvalue weighted by molar-refractivity contribution is 6.32. The summed E-state index contributed by atoms with van der Waals surface area (Å²) < 4.78 is 35.9. The van der Waals surface area contributed by atoms with Crippen LogP contribution in [0.15, 0.2) is 24.3 Å². The second kappa shape index (κ2) is 6.81. The van der Waals surface area contributed by atoms with Gasteiger partial charge in [-0.1, -0.05) is 29.7 Å². The van der Waals surface area contributed by atoms with Crippen LogP contribution in [0.2, 0.25) is 0 Å². The molecule has 0 heterocycles. The molecule has 1 unspecified atom stereocenters. The van der Waals surface area contributed by atoms with E-state index in [1.54, 1.807) is 27.7 Å². The Kier molecular flexibility index (Phi) is 6.47. The van der Waals surface area contributed by atoms with E-state index >= 15 is 0 Å². The quantitative estimate of drug-likeness (QED) is 0.727. The van der Waals surface area contributed by atoms with Crippen LogP contribution in [0.25, 0.3) is 0 Å². The van der Waals surface area contributed by atoms with E-state index in [9.17, 15) is 13.2 Å². The van der Waals surface area contributed by atoms with Crippen molar-refractivity contribution in [1.82, 2.24) is 0 Å². The summed E-state index contributed by atoms with van der Waals surface area (Å²) in [6.07, 6.45) is -7.07. The van der Waals surface area contributed by atoms with Gasteiger partial charge in [-0.25, -0.2) is 0 Å². The summed E-state index contributed by atoms with van der Waals surface area (Å²) in [6, 6.07) is 4.91. The molecule has 2 radical (unpaired) electrons. The van der Waals surface area contributed by atoms with Crippen molar-refractivity contribution in [3.8, 4) is 0 Å². The summed E-state index contributed by atoms with van der Waals surface area (Å²) in [5, 5.41) is 27.0. The Bertz CT molecular complexity index is 419. The molecule has 0 saturated carbocycles. The number of aliphatic hydroxyl groups excluding tert-OH is 1.